The number of rotatable bonds is 8. The molecule has 5 rings (SSSR count). The number of hydrogen-bond donors (Lipinski definition) is 3. The second-order valence-corrected chi connectivity index (χ2v) is 10.5. The van der Waals surface area contributed by atoms with Crippen molar-refractivity contribution in [2.24, 2.45) is 29.1 Å². The van der Waals surface area contributed by atoms with E-state index < -0.39 is 6.09 Å². The van der Waals surface area contributed by atoms with E-state index in [9.17, 15) is 14.4 Å². The fourth-order valence-electron chi connectivity index (χ4n) is 6.16. The summed E-state index contributed by atoms with van der Waals surface area (Å²) in [5.74, 6) is 2.40. The van der Waals surface area contributed by atoms with E-state index in [0.717, 1.165) is 37.0 Å². The second kappa shape index (κ2) is 9.51. The molecule has 0 atom stereocenters. The minimum atomic E-state index is -0.519. The van der Waals surface area contributed by atoms with Gasteiger partial charge in [0, 0.05) is 29.8 Å². The first-order valence-corrected chi connectivity index (χ1v) is 11.9. The molecule has 4 aliphatic carbocycles. The van der Waals surface area contributed by atoms with Crippen LogP contribution in [0.5, 0.6) is 0 Å². The molecular formula is C25H35N3O4. The van der Waals surface area contributed by atoms with Crippen LogP contribution in [0, 0.1) is 29.1 Å². The molecule has 1 aromatic carbocycles. The van der Waals surface area contributed by atoms with Crippen LogP contribution in [-0.4, -0.2) is 31.1 Å². The van der Waals surface area contributed by atoms with E-state index in [-0.39, 0.29) is 29.6 Å². The van der Waals surface area contributed by atoms with E-state index in [1.807, 2.05) is 13.8 Å². The predicted molar refractivity (Wildman–Crippen MR) is 123 cm³/mol. The summed E-state index contributed by atoms with van der Waals surface area (Å²) in [5, 5.41) is 8.54. The van der Waals surface area contributed by atoms with E-state index in [2.05, 4.69) is 16.0 Å². The van der Waals surface area contributed by atoms with Crippen molar-refractivity contribution in [1.82, 2.24) is 5.32 Å². The highest BCUT2D eigenvalue weighted by Gasteiger charge is 2.54. The average molecular weight is 442 g/mol. The highest BCUT2D eigenvalue weighted by atomic mass is 16.5. The molecule has 4 fully saturated rings. The zero-order valence-electron chi connectivity index (χ0n) is 19.1. The Morgan fingerprint density at radius 2 is 1.59 bits per heavy atom. The van der Waals surface area contributed by atoms with Gasteiger partial charge >= 0.3 is 6.09 Å². The van der Waals surface area contributed by atoms with Gasteiger partial charge in [-0.15, -0.1) is 0 Å². The maximum Gasteiger partial charge on any atom is 0.411 e. The first kappa shape index (κ1) is 22.6. The maximum absolute atomic E-state index is 13.0. The van der Waals surface area contributed by atoms with Gasteiger partial charge in [-0.3, -0.25) is 14.9 Å². The van der Waals surface area contributed by atoms with Crippen molar-refractivity contribution in [2.75, 3.05) is 23.8 Å². The molecule has 1 aromatic rings. The molecule has 174 valence electrons. The summed E-state index contributed by atoms with van der Waals surface area (Å²) in [4.78, 5) is 37.2. The lowest BCUT2D eigenvalue weighted by molar-refractivity contribution is -0.146. The van der Waals surface area contributed by atoms with Crippen LogP contribution in [-0.2, 0) is 14.3 Å². The van der Waals surface area contributed by atoms with Gasteiger partial charge in [-0.1, -0.05) is 19.9 Å². The summed E-state index contributed by atoms with van der Waals surface area (Å²) >= 11 is 0. The molecule has 0 radical (unpaired) electrons. The molecule has 4 aliphatic rings. The van der Waals surface area contributed by atoms with Crippen LogP contribution in [0.1, 0.15) is 58.8 Å². The third kappa shape index (κ3) is 5.43. The molecule has 0 aliphatic heterocycles. The van der Waals surface area contributed by atoms with Crippen LogP contribution < -0.4 is 16.0 Å². The molecule has 3 amide bonds. The Morgan fingerprint density at radius 1 is 1.00 bits per heavy atom. The van der Waals surface area contributed by atoms with Crippen molar-refractivity contribution in [2.45, 2.75) is 58.8 Å². The van der Waals surface area contributed by atoms with Gasteiger partial charge in [0.25, 0.3) is 0 Å². The normalized spacial score (nSPS) is 27.8. The highest BCUT2D eigenvalue weighted by Crippen LogP contribution is 2.60. The predicted octanol–water partition coefficient (Wildman–Crippen LogP) is 4.55. The highest BCUT2D eigenvalue weighted by molar-refractivity contribution is 5.93. The van der Waals surface area contributed by atoms with Crippen molar-refractivity contribution in [3.63, 3.8) is 0 Å². The van der Waals surface area contributed by atoms with E-state index in [4.69, 9.17) is 4.74 Å². The van der Waals surface area contributed by atoms with Gasteiger partial charge in [-0.05, 0) is 80.4 Å². The molecule has 4 bridgehead atoms. The monoisotopic (exact) mass is 441 g/mol. The van der Waals surface area contributed by atoms with Gasteiger partial charge in [0.2, 0.25) is 11.8 Å². The van der Waals surface area contributed by atoms with Crippen molar-refractivity contribution in [3.05, 3.63) is 24.3 Å². The minimum absolute atomic E-state index is 0.149. The van der Waals surface area contributed by atoms with E-state index in [0.29, 0.717) is 24.5 Å². The third-order valence-corrected chi connectivity index (χ3v) is 7.10. The number of amides is 3. The maximum atomic E-state index is 13.0. The lowest BCUT2D eigenvalue weighted by atomic mass is 9.49. The fourth-order valence-corrected chi connectivity index (χ4v) is 6.16. The molecule has 32 heavy (non-hydrogen) atoms. The van der Waals surface area contributed by atoms with Gasteiger partial charge in [0.15, 0.2) is 0 Å². The third-order valence-electron chi connectivity index (χ3n) is 7.10. The number of nitrogens with one attached hydrogen (secondary N) is 3. The number of carbonyl (C=O) groups is 3. The summed E-state index contributed by atoms with van der Waals surface area (Å²) in [7, 11) is 0. The fraction of sp³-hybridized carbons (Fsp3) is 0.640. The molecule has 4 saturated carbocycles. The Labute approximate surface area is 190 Å². The second-order valence-electron chi connectivity index (χ2n) is 10.5. The van der Waals surface area contributed by atoms with Crippen LogP contribution in [0.25, 0.3) is 0 Å². The van der Waals surface area contributed by atoms with Crippen molar-refractivity contribution in [1.29, 1.82) is 0 Å². The molecule has 7 nitrogen and oxygen atoms in total. The lowest BCUT2D eigenvalue weighted by Gasteiger charge is -2.55. The molecule has 7 heteroatoms. The van der Waals surface area contributed by atoms with Gasteiger partial charge in [0.05, 0.1) is 6.61 Å². The number of hydrogen-bond acceptors (Lipinski definition) is 4. The van der Waals surface area contributed by atoms with Gasteiger partial charge < -0.3 is 15.4 Å². The number of benzene rings is 1. The standard InChI is InChI=1S/C25H35N3O4/c1-16(2)15-32-24(31)28-21-5-3-4-20(11-21)27-22(29)6-7-26-23(30)25-12-17-8-18(13-25)10-19(9-17)14-25/h3-5,11,16-19H,6-10,12-15H2,1-2H3,(H,26,30)(H,27,29)(H,28,31). The lowest BCUT2D eigenvalue weighted by Crippen LogP contribution is -2.53. The summed E-state index contributed by atoms with van der Waals surface area (Å²) in [6.45, 7) is 4.62. The zero-order valence-corrected chi connectivity index (χ0v) is 19.1. The summed E-state index contributed by atoms with van der Waals surface area (Å²) < 4.78 is 5.11. The molecule has 0 unspecified atom stereocenters. The first-order valence-electron chi connectivity index (χ1n) is 11.9. The van der Waals surface area contributed by atoms with E-state index in [1.165, 1.54) is 19.3 Å². The SMILES string of the molecule is CC(C)COC(=O)Nc1cccc(NC(=O)CCNC(=O)C23CC4CC(CC(C4)C2)C3)c1. The average Bonchev–Trinajstić information content (AvgIpc) is 2.71. The van der Waals surface area contributed by atoms with E-state index >= 15 is 0 Å². The van der Waals surface area contributed by atoms with Gasteiger partial charge in [-0.25, -0.2) is 4.79 Å². The van der Waals surface area contributed by atoms with Gasteiger partial charge in [0.1, 0.15) is 0 Å². The minimum Gasteiger partial charge on any atom is -0.449 e. The summed E-state index contributed by atoms with van der Waals surface area (Å²) in [6.07, 6.45) is 6.68. The van der Waals surface area contributed by atoms with E-state index in [1.54, 1.807) is 24.3 Å². The summed E-state index contributed by atoms with van der Waals surface area (Å²) in [6, 6.07) is 6.93. The van der Waals surface area contributed by atoms with Crippen molar-refractivity contribution >= 4 is 29.3 Å². The molecule has 0 aromatic heterocycles. The van der Waals surface area contributed by atoms with Crippen LogP contribution in [0.4, 0.5) is 16.2 Å². The van der Waals surface area contributed by atoms with Crippen molar-refractivity contribution < 1.29 is 19.1 Å². The first-order chi connectivity index (χ1) is 15.3. The Bertz CT molecular complexity index is 831. The zero-order chi connectivity index (χ0) is 22.7. The molecule has 3 N–H and O–H groups in total. The number of ether oxygens (including phenoxy) is 1. The molecular weight excluding hydrogens is 406 g/mol. The molecule has 0 saturated heterocycles. The van der Waals surface area contributed by atoms with Crippen LogP contribution in [0.3, 0.4) is 0 Å². The summed E-state index contributed by atoms with van der Waals surface area (Å²) in [5.41, 5.74) is 0.950. The van der Waals surface area contributed by atoms with Crippen LogP contribution >= 0.6 is 0 Å². The van der Waals surface area contributed by atoms with Gasteiger partial charge in [-0.2, -0.15) is 0 Å². The largest absolute Gasteiger partial charge is 0.449 e. The number of anilines is 2. The Balaban J connectivity index is 1.21. The molecule has 0 spiro atoms. The Morgan fingerprint density at radius 3 is 2.19 bits per heavy atom. The smallest absolute Gasteiger partial charge is 0.411 e. The van der Waals surface area contributed by atoms with Crippen LogP contribution in [0.2, 0.25) is 0 Å². The topological polar surface area (TPSA) is 96.5 Å². The Hall–Kier alpha value is -2.57. The number of carbonyl (C=O) groups excluding carboxylic acids is 3. The van der Waals surface area contributed by atoms with Crippen LogP contribution in [0.15, 0.2) is 24.3 Å². The Kier molecular flexibility index (Phi) is 6.72. The quantitative estimate of drug-likeness (QED) is 0.551. The molecule has 0 heterocycles. The van der Waals surface area contributed by atoms with Crippen molar-refractivity contribution in [3.8, 4) is 0 Å².